The van der Waals surface area contributed by atoms with Gasteiger partial charge in [-0.15, -0.1) is 0 Å². The van der Waals surface area contributed by atoms with E-state index in [2.05, 4.69) is 9.98 Å². The molecule has 15 heteroatoms. The summed E-state index contributed by atoms with van der Waals surface area (Å²) in [6.07, 6.45) is -10.7. The Morgan fingerprint density at radius 3 is 2.18 bits per heavy atom. The first kappa shape index (κ1) is 28.9. The number of halogens is 6. The molecule has 1 aromatic rings. The third-order valence-electron chi connectivity index (χ3n) is 7.50. The molecule has 2 saturated heterocycles. The summed E-state index contributed by atoms with van der Waals surface area (Å²) in [5.41, 5.74) is 9.39. The fourth-order valence-corrected chi connectivity index (χ4v) is 5.40. The minimum atomic E-state index is -4.96. The van der Waals surface area contributed by atoms with Crippen LogP contribution in [0.5, 0.6) is 0 Å². The highest BCUT2D eigenvalue weighted by atomic mass is 19.4. The van der Waals surface area contributed by atoms with Crippen LogP contribution < -0.4 is 16.4 Å². The monoisotopic (exact) mass is 564 g/mol. The molecule has 0 spiro atoms. The first-order chi connectivity index (χ1) is 18.2. The first-order valence-corrected chi connectivity index (χ1v) is 12.6. The van der Waals surface area contributed by atoms with E-state index < -0.39 is 65.0 Å². The number of piperidine rings is 2. The smallest absolute Gasteiger partial charge is 0.401 e. The van der Waals surface area contributed by atoms with Crippen molar-refractivity contribution in [3.05, 3.63) is 34.7 Å². The number of amides is 1. The fraction of sp³-hybridized carbons (Fsp3) is 0.625. The van der Waals surface area contributed by atoms with Crippen molar-refractivity contribution in [2.75, 3.05) is 31.1 Å². The Hall–Kier alpha value is -3.07. The van der Waals surface area contributed by atoms with Crippen molar-refractivity contribution in [2.24, 2.45) is 28.3 Å². The number of rotatable bonds is 3. The zero-order valence-electron chi connectivity index (χ0n) is 20.8. The van der Waals surface area contributed by atoms with Gasteiger partial charge in [0.25, 0.3) is 5.91 Å². The van der Waals surface area contributed by atoms with E-state index in [4.69, 9.17) is 11.5 Å². The highest BCUT2D eigenvalue weighted by Crippen LogP contribution is 2.41. The molecule has 9 nitrogen and oxygen atoms in total. The number of likely N-dealkylation sites (tertiary alicyclic amines) is 1. The highest BCUT2D eigenvalue weighted by molar-refractivity contribution is 5.99. The van der Waals surface area contributed by atoms with Gasteiger partial charge in [0.2, 0.25) is 0 Å². The maximum atomic E-state index is 13.8. The van der Waals surface area contributed by atoms with Gasteiger partial charge >= 0.3 is 12.4 Å². The van der Waals surface area contributed by atoms with Crippen LogP contribution >= 0.6 is 0 Å². The van der Waals surface area contributed by atoms with E-state index in [1.807, 2.05) is 0 Å². The third kappa shape index (κ3) is 5.93. The van der Waals surface area contributed by atoms with Crippen LogP contribution in [0.1, 0.15) is 48.0 Å². The lowest BCUT2D eigenvalue weighted by atomic mass is 9.81. The van der Waals surface area contributed by atoms with Crippen molar-refractivity contribution < 1.29 is 41.4 Å². The number of allylic oxidation sites excluding steroid dienone is 1. The number of anilines is 1. The van der Waals surface area contributed by atoms with Crippen LogP contribution in [0.15, 0.2) is 28.5 Å². The molecular formula is C24H30F6N6O3. The third-order valence-corrected chi connectivity index (χ3v) is 7.50. The lowest BCUT2D eigenvalue weighted by Crippen LogP contribution is -2.50. The number of carbonyl (C=O) groups excluding carboxylic acids is 1. The molecule has 3 aliphatic rings. The Labute approximate surface area is 220 Å². The van der Waals surface area contributed by atoms with E-state index in [-0.39, 0.29) is 37.4 Å². The van der Waals surface area contributed by atoms with Crippen molar-refractivity contribution in [1.29, 1.82) is 0 Å². The first-order valence-electron chi connectivity index (χ1n) is 12.6. The highest BCUT2D eigenvalue weighted by Gasteiger charge is 2.53. The van der Waals surface area contributed by atoms with Crippen LogP contribution in [-0.4, -0.2) is 76.5 Å². The van der Waals surface area contributed by atoms with E-state index in [0.717, 1.165) is 12.5 Å². The van der Waals surface area contributed by atoms with Gasteiger partial charge in [-0.2, -0.15) is 26.3 Å². The van der Waals surface area contributed by atoms with Crippen LogP contribution in [0.2, 0.25) is 0 Å². The molecule has 0 saturated carbocycles. The number of nitrogens with two attached hydrogens (primary N) is 2. The summed E-state index contributed by atoms with van der Waals surface area (Å²) >= 11 is 0. The minimum absolute atomic E-state index is 0.137. The van der Waals surface area contributed by atoms with Gasteiger partial charge in [-0.25, -0.2) is 9.98 Å². The summed E-state index contributed by atoms with van der Waals surface area (Å²) in [5.74, 6) is -4.33. The molecule has 0 radical (unpaired) electrons. The number of alkyl halides is 6. The Balaban J connectivity index is 1.57. The predicted octanol–water partition coefficient (Wildman–Crippen LogP) is 2.38. The fourth-order valence-electron chi connectivity index (χ4n) is 5.40. The topological polar surface area (TPSA) is 141 Å². The number of pyridine rings is 1. The van der Waals surface area contributed by atoms with Crippen LogP contribution in [0.25, 0.3) is 0 Å². The lowest BCUT2D eigenvalue weighted by Gasteiger charge is -2.37. The van der Waals surface area contributed by atoms with Gasteiger partial charge in [-0.1, -0.05) is 0 Å². The van der Waals surface area contributed by atoms with E-state index in [9.17, 15) is 41.4 Å². The Morgan fingerprint density at radius 1 is 1.00 bits per heavy atom. The van der Waals surface area contributed by atoms with Gasteiger partial charge in [0.15, 0.2) is 6.23 Å². The van der Waals surface area contributed by atoms with Crippen molar-refractivity contribution in [3.63, 3.8) is 0 Å². The summed E-state index contributed by atoms with van der Waals surface area (Å²) in [6, 6.07) is 1.12. The Bertz CT molecular complexity index is 1140. The Kier molecular flexibility index (Phi) is 8.03. The number of nitrogens with zero attached hydrogens (tertiary/aromatic N) is 4. The number of carbonyl (C=O) groups is 1. The molecule has 0 aliphatic carbocycles. The van der Waals surface area contributed by atoms with E-state index in [1.54, 1.807) is 4.90 Å². The number of amidine groups is 1. The van der Waals surface area contributed by atoms with Gasteiger partial charge < -0.3 is 31.5 Å². The zero-order chi connectivity index (χ0) is 28.7. The summed E-state index contributed by atoms with van der Waals surface area (Å²) in [5, 5.41) is 19.7. The zero-order valence-corrected chi connectivity index (χ0v) is 20.8. The lowest BCUT2D eigenvalue weighted by molar-refractivity contribution is -0.200. The minimum Gasteiger partial charge on any atom is -0.401 e. The molecule has 3 atom stereocenters. The molecule has 1 unspecified atom stereocenters. The molecule has 216 valence electrons. The maximum Gasteiger partial charge on any atom is 0.418 e. The molecule has 2 fully saturated rings. The molecule has 4 heterocycles. The quantitative estimate of drug-likeness (QED) is 0.413. The van der Waals surface area contributed by atoms with Crippen molar-refractivity contribution in [2.45, 2.75) is 56.8 Å². The summed E-state index contributed by atoms with van der Waals surface area (Å²) < 4.78 is 82.3. The van der Waals surface area contributed by atoms with Gasteiger partial charge in [0.05, 0.1) is 11.1 Å². The summed E-state index contributed by atoms with van der Waals surface area (Å²) in [4.78, 5) is 23.5. The maximum absolute atomic E-state index is 13.8. The number of aliphatic hydroxyl groups is 2. The average Bonchev–Trinajstić information content (AvgIpc) is 2.88. The second-order valence-corrected chi connectivity index (χ2v) is 10.0. The Morgan fingerprint density at radius 2 is 1.62 bits per heavy atom. The number of hydrogen-bond donors (Lipinski definition) is 4. The number of aliphatic imine (C=N–C) groups is 1. The van der Waals surface area contributed by atoms with Crippen LogP contribution in [0, 0.1) is 11.8 Å². The predicted molar refractivity (Wildman–Crippen MR) is 128 cm³/mol. The van der Waals surface area contributed by atoms with Crippen molar-refractivity contribution in [1.82, 2.24) is 9.88 Å². The largest absolute Gasteiger partial charge is 0.418 e. The number of aliphatic hydroxyl groups excluding tert-OH is 2. The molecule has 39 heavy (non-hydrogen) atoms. The standard InChI is InChI=1S/C24H30F6N6O3/c25-23(26,27)14-11-33-15(10-13(14)22(39)36-6-2-1-3-7-36)35-8-4-12(5-9-35)18(31)16-17(24(28,29)30)19(37)21(38)34-20(16)32/h10-12,17,19,21,37-38H,1-9,31H2,(H2,32,34)/t17-,19-,21?/m1/s1. The SMILES string of the molecule is NC1=NC(O)[C@H](O)[C@H](C(F)(F)F)C1=C(N)C1CCN(c2cc(C(=O)N3CCCCC3)c(C(F)(F)F)cn2)CC1. The normalized spacial score (nSPS) is 26.9. The van der Waals surface area contributed by atoms with Crippen molar-refractivity contribution in [3.8, 4) is 0 Å². The van der Waals surface area contributed by atoms with Crippen LogP contribution in [0.3, 0.4) is 0 Å². The second kappa shape index (κ2) is 10.8. The molecule has 1 aromatic heterocycles. The number of hydrogen-bond acceptors (Lipinski definition) is 8. The molecule has 0 bridgehead atoms. The molecule has 4 rings (SSSR count). The second-order valence-electron chi connectivity index (χ2n) is 10.0. The number of aromatic nitrogens is 1. The van der Waals surface area contributed by atoms with Gasteiger partial charge in [0.1, 0.15) is 23.7 Å². The van der Waals surface area contributed by atoms with Gasteiger partial charge in [-0.05, 0) is 38.2 Å². The van der Waals surface area contributed by atoms with Crippen LogP contribution in [-0.2, 0) is 6.18 Å². The molecule has 6 N–H and O–H groups in total. The van der Waals surface area contributed by atoms with Crippen molar-refractivity contribution >= 4 is 17.6 Å². The van der Waals surface area contributed by atoms with E-state index in [0.29, 0.717) is 32.1 Å². The summed E-state index contributed by atoms with van der Waals surface area (Å²) in [7, 11) is 0. The average molecular weight is 565 g/mol. The summed E-state index contributed by atoms with van der Waals surface area (Å²) in [6.45, 7) is 1.08. The molecule has 1 amide bonds. The van der Waals surface area contributed by atoms with E-state index >= 15 is 0 Å². The molecular weight excluding hydrogens is 534 g/mol. The molecule has 0 aromatic carbocycles. The van der Waals surface area contributed by atoms with Crippen LogP contribution in [0.4, 0.5) is 32.2 Å². The molecule has 3 aliphatic heterocycles. The van der Waals surface area contributed by atoms with Gasteiger partial charge in [-0.3, -0.25) is 4.79 Å². The van der Waals surface area contributed by atoms with Gasteiger partial charge in [0, 0.05) is 49.6 Å². The van der Waals surface area contributed by atoms with E-state index in [1.165, 1.54) is 4.90 Å².